The molecule has 0 unspecified atom stereocenters. The summed E-state index contributed by atoms with van der Waals surface area (Å²) in [6, 6.07) is 16.9. The van der Waals surface area contributed by atoms with E-state index >= 15 is 0 Å². The van der Waals surface area contributed by atoms with Crippen molar-refractivity contribution in [2.75, 3.05) is 21.3 Å². The summed E-state index contributed by atoms with van der Waals surface area (Å²) in [7, 11) is 0.591. The second-order valence-corrected chi connectivity index (χ2v) is 12.3. The fraction of sp³-hybridized carbons (Fsp3) is 0.258. The van der Waals surface area contributed by atoms with Crippen LogP contribution in [0.1, 0.15) is 30.2 Å². The summed E-state index contributed by atoms with van der Waals surface area (Å²) in [5, 5.41) is 7.72. The van der Waals surface area contributed by atoms with Crippen LogP contribution in [0, 0.1) is 6.92 Å². The van der Waals surface area contributed by atoms with Crippen molar-refractivity contribution in [1.82, 2.24) is 29.7 Å². The minimum Gasteiger partial charge on any atom is -0.494 e. The third-order valence-electron chi connectivity index (χ3n) is 7.10. The zero-order valence-electron chi connectivity index (χ0n) is 24.5. The molecule has 0 aliphatic heterocycles. The van der Waals surface area contributed by atoms with Gasteiger partial charge in [-0.05, 0) is 43.2 Å². The van der Waals surface area contributed by atoms with E-state index in [4.69, 9.17) is 14.2 Å². The molecule has 2 aromatic carbocycles. The average Bonchev–Trinajstić information content (AvgIpc) is 3.43. The molecule has 3 heterocycles. The first-order valence-electron chi connectivity index (χ1n) is 13.5. The van der Waals surface area contributed by atoms with Crippen molar-refractivity contribution in [1.29, 1.82) is 0 Å². The number of aryl methyl sites for hydroxylation is 1. The van der Waals surface area contributed by atoms with Crippen molar-refractivity contribution in [3.05, 3.63) is 96.6 Å². The molecule has 43 heavy (non-hydrogen) atoms. The third kappa shape index (κ3) is 6.11. The summed E-state index contributed by atoms with van der Waals surface area (Å²) in [4.78, 5) is 13.2. The van der Waals surface area contributed by atoms with Crippen molar-refractivity contribution < 1.29 is 22.6 Å². The average molecular weight is 601 g/mol. The zero-order valence-corrected chi connectivity index (χ0v) is 25.3. The number of nitrogens with zero attached hydrogens (tertiary/aromatic N) is 6. The Morgan fingerprint density at radius 2 is 1.49 bits per heavy atom. The molecule has 0 radical (unpaired) electrons. The lowest BCUT2D eigenvalue weighted by atomic mass is 10.1. The summed E-state index contributed by atoms with van der Waals surface area (Å²) < 4.78 is 46.5. The van der Waals surface area contributed by atoms with Gasteiger partial charge >= 0.3 is 0 Å². The number of para-hydroxylation sites is 1. The number of pyridine rings is 1. The normalized spacial score (nSPS) is 13.0. The molecular weight excluding hydrogens is 568 g/mol. The van der Waals surface area contributed by atoms with Crippen LogP contribution in [0.5, 0.6) is 11.5 Å². The maximum Gasteiger partial charge on any atom is 0.170 e. The summed E-state index contributed by atoms with van der Waals surface area (Å²) in [6.45, 7) is 3.49. The number of hydrogen-bond acceptors (Lipinski definition) is 10. The molecule has 3 aromatic heterocycles. The standard InChI is InChI=1S/C31H32N6O5S/c1-20-14-23(16-32-15-20)31-36-35-27(37(31)28-25(40-3)12-9-13-26(28)41-4)19-43(38,39)21(2)29(42-5)30-33-17-24(18-34-30)22-10-7-6-8-11-22/h6-18,21,29H,19H2,1-5H3/t21-,29-/m0/s1. The van der Waals surface area contributed by atoms with Crippen LogP contribution in [-0.4, -0.2) is 64.7 Å². The van der Waals surface area contributed by atoms with Crippen molar-refractivity contribution in [2.24, 2.45) is 0 Å². The monoisotopic (exact) mass is 600 g/mol. The van der Waals surface area contributed by atoms with Crippen LogP contribution in [0.3, 0.4) is 0 Å². The van der Waals surface area contributed by atoms with Gasteiger partial charge in [0.2, 0.25) is 0 Å². The zero-order chi connectivity index (χ0) is 30.6. The van der Waals surface area contributed by atoms with Crippen molar-refractivity contribution in [3.63, 3.8) is 0 Å². The molecule has 5 rings (SSSR count). The summed E-state index contributed by atoms with van der Waals surface area (Å²) >= 11 is 0. The largest absolute Gasteiger partial charge is 0.494 e. The van der Waals surface area contributed by atoms with Gasteiger partial charge in [0.15, 0.2) is 27.3 Å². The molecule has 0 amide bonds. The SMILES string of the molecule is COc1cccc(OC)c1-n1c(CS(=O)(=O)[C@@H](C)[C@H](OC)c2ncc(-c3ccccc3)cn2)nnc1-c1cncc(C)c1. The van der Waals surface area contributed by atoms with E-state index in [1.165, 1.54) is 21.3 Å². The molecule has 12 heteroatoms. The molecule has 0 aliphatic rings. The Labute approximate surface area is 250 Å². The van der Waals surface area contributed by atoms with Crippen molar-refractivity contribution in [3.8, 4) is 39.7 Å². The van der Waals surface area contributed by atoms with Gasteiger partial charge in [0.1, 0.15) is 29.0 Å². The lowest BCUT2D eigenvalue weighted by Gasteiger charge is -2.22. The van der Waals surface area contributed by atoms with E-state index in [0.29, 0.717) is 28.6 Å². The first-order chi connectivity index (χ1) is 20.8. The van der Waals surface area contributed by atoms with E-state index in [1.54, 1.807) is 54.5 Å². The number of methoxy groups -OCH3 is 3. The predicted octanol–water partition coefficient (Wildman–Crippen LogP) is 4.80. The third-order valence-corrected chi connectivity index (χ3v) is 9.14. The van der Waals surface area contributed by atoms with E-state index in [-0.39, 0.29) is 11.6 Å². The van der Waals surface area contributed by atoms with Crippen molar-refractivity contribution >= 4 is 9.84 Å². The molecule has 0 aliphatic carbocycles. The number of rotatable bonds is 11. The molecule has 0 saturated heterocycles. The Bertz CT molecular complexity index is 1790. The van der Waals surface area contributed by atoms with Gasteiger partial charge in [-0.15, -0.1) is 10.2 Å². The van der Waals surface area contributed by atoms with Crippen LogP contribution in [0.25, 0.3) is 28.2 Å². The van der Waals surface area contributed by atoms with Crippen LogP contribution >= 0.6 is 0 Å². The van der Waals surface area contributed by atoms with Crippen LogP contribution < -0.4 is 9.47 Å². The smallest absolute Gasteiger partial charge is 0.170 e. The van der Waals surface area contributed by atoms with Gasteiger partial charge in [-0.1, -0.05) is 36.4 Å². The van der Waals surface area contributed by atoms with Crippen LogP contribution in [0.2, 0.25) is 0 Å². The molecule has 11 nitrogen and oxygen atoms in total. The van der Waals surface area contributed by atoms with E-state index in [2.05, 4.69) is 25.1 Å². The number of sulfone groups is 1. The fourth-order valence-corrected chi connectivity index (χ4v) is 6.25. The second kappa shape index (κ2) is 12.7. The summed E-state index contributed by atoms with van der Waals surface area (Å²) in [6.07, 6.45) is 5.77. The summed E-state index contributed by atoms with van der Waals surface area (Å²) in [5.74, 6) is 1.27. The Hall–Kier alpha value is -4.68. The van der Waals surface area contributed by atoms with Crippen LogP contribution in [-0.2, 0) is 20.3 Å². The molecule has 222 valence electrons. The Kier molecular flexibility index (Phi) is 8.78. The number of aromatic nitrogens is 6. The molecule has 0 bridgehead atoms. The lowest BCUT2D eigenvalue weighted by Crippen LogP contribution is -2.30. The highest BCUT2D eigenvalue weighted by molar-refractivity contribution is 7.91. The van der Waals surface area contributed by atoms with Gasteiger partial charge in [0.25, 0.3) is 0 Å². The fourth-order valence-electron chi connectivity index (χ4n) is 4.83. The molecule has 2 atom stereocenters. The molecule has 5 aromatic rings. The van der Waals surface area contributed by atoms with Gasteiger partial charge in [-0.25, -0.2) is 18.4 Å². The predicted molar refractivity (Wildman–Crippen MR) is 162 cm³/mol. The van der Waals surface area contributed by atoms with E-state index < -0.39 is 26.9 Å². The quantitative estimate of drug-likeness (QED) is 0.208. The van der Waals surface area contributed by atoms with Crippen LogP contribution in [0.15, 0.2) is 79.4 Å². The van der Waals surface area contributed by atoms with Gasteiger partial charge in [-0.2, -0.15) is 0 Å². The maximum absolute atomic E-state index is 14.0. The number of benzene rings is 2. The highest BCUT2D eigenvalue weighted by Crippen LogP contribution is 2.37. The van der Waals surface area contributed by atoms with Gasteiger partial charge < -0.3 is 14.2 Å². The maximum atomic E-state index is 14.0. The minimum atomic E-state index is -3.91. The minimum absolute atomic E-state index is 0.168. The molecule has 0 N–H and O–H groups in total. The topological polar surface area (TPSA) is 131 Å². The highest BCUT2D eigenvalue weighted by Gasteiger charge is 2.35. The molecule has 0 fully saturated rings. The van der Waals surface area contributed by atoms with Crippen LogP contribution in [0.4, 0.5) is 0 Å². The Morgan fingerprint density at radius 3 is 2.09 bits per heavy atom. The van der Waals surface area contributed by atoms with Gasteiger partial charge in [0.05, 0.1) is 19.5 Å². The molecular formula is C31H32N6O5S. The van der Waals surface area contributed by atoms with E-state index in [1.807, 2.05) is 43.3 Å². The van der Waals surface area contributed by atoms with E-state index in [0.717, 1.165) is 16.7 Å². The number of ether oxygens (including phenoxy) is 3. The Balaban J connectivity index is 1.54. The van der Waals surface area contributed by atoms with E-state index in [9.17, 15) is 8.42 Å². The Morgan fingerprint density at radius 1 is 0.814 bits per heavy atom. The first-order valence-corrected chi connectivity index (χ1v) is 15.2. The van der Waals surface area contributed by atoms with Gasteiger partial charge in [0, 0.05) is 43.0 Å². The summed E-state index contributed by atoms with van der Waals surface area (Å²) in [5.41, 5.74) is 3.79. The molecule has 0 saturated carbocycles. The van der Waals surface area contributed by atoms with Crippen molar-refractivity contribution in [2.45, 2.75) is 31.0 Å². The number of hydrogen-bond donors (Lipinski definition) is 0. The highest BCUT2D eigenvalue weighted by atomic mass is 32.2. The lowest BCUT2D eigenvalue weighted by molar-refractivity contribution is 0.0948. The second-order valence-electron chi connectivity index (χ2n) is 9.90. The van der Waals surface area contributed by atoms with Gasteiger partial charge in [-0.3, -0.25) is 9.55 Å². The molecule has 0 spiro atoms. The first kappa shape index (κ1) is 29.8.